The van der Waals surface area contributed by atoms with Gasteiger partial charge in [-0.2, -0.15) is 10.2 Å². The van der Waals surface area contributed by atoms with Crippen LogP contribution in [0.1, 0.15) is 11.7 Å². The van der Waals surface area contributed by atoms with Crippen LogP contribution in [0.4, 0.5) is 5.69 Å². The van der Waals surface area contributed by atoms with Crippen LogP contribution in [0, 0.1) is 0 Å². The number of aromatic amines is 2. The van der Waals surface area contributed by atoms with Crippen LogP contribution < -0.4 is 5.32 Å². The van der Waals surface area contributed by atoms with E-state index in [0.29, 0.717) is 17.1 Å². The quantitative estimate of drug-likeness (QED) is 0.352. The number of nitrogens with zero attached hydrogens (tertiary/aromatic N) is 3. The molecule has 0 radical (unpaired) electrons. The third-order valence-corrected chi connectivity index (χ3v) is 5.00. The number of H-pyrrole nitrogens is 2. The van der Waals surface area contributed by atoms with Crippen LogP contribution in [0.25, 0.3) is 33.5 Å². The number of aromatic nitrogens is 5. The Morgan fingerprint density at radius 1 is 0.935 bits per heavy atom. The second-order valence-electron chi connectivity index (χ2n) is 7.04. The molecule has 3 aromatic carbocycles. The first-order valence-corrected chi connectivity index (χ1v) is 9.67. The summed E-state index contributed by atoms with van der Waals surface area (Å²) >= 11 is 0. The van der Waals surface area contributed by atoms with Crippen molar-refractivity contribution in [1.29, 1.82) is 0 Å². The lowest BCUT2D eigenvalue weighted by Gasteiger charge is -2.12. The molecule has 1 unspecified atom stereocenters. The summed E-state index contributed by atoms with van der Waals surface area (Å²) in [5.41, 5.74) is 4.42. The molecule has 0 aliphatic carbocycles. The summed E-state index contributed by atoms with van der Waals surface area (Å²) in [6.45, 7) is 0. The number of benzene rings is 3. The van der Waals surface area contributed by atoms with Gasteiger partial charge in [-0.25, -0.2) is 4.98 Å². The lowest BCUT2D eigenvalue weighted by molar-refractivity contribution is -0.124. The highest BCUT2D eigenvalue weighted by atomic mass is 16.3. The molecular weight excluding hydrogens is 392 g/mol. The highest BCUT2D eigenvalue weighted by Gasteiger charge is 2.18. The van der Waals surface area contributed by atoms with Gasteiger partial charge in [0.2, 0.25) is 0 Å². The van der Waals surface area contributed by atoms with Crippen LogP contribution >= 0.6 is 0 Å². The lowest BCUT2D eigenvalue weighted by Crippen LogP contribution is -2.20. The van der Waals surface area contributed by atoms with E-state index in [1.807, 2.05) is 42.5 Å². The Hall–Kier alpha value is -4.30. The zero-order chi connectivity index (χ0) is 21.2. The van der Waals surface area contributed by atoms with Gasteiger partial charge in [-0.05, 0) is 35.9 Å². The van der Waals surface area contributed by atoms with Gasteiger partial charge in [0, 0.05) is 22.2 Å². The molecule has 152 valence electrons. The fraction of sp³-hybridized carbons (Fsp3) is 0.0435. The van der Waals surface area contributed by atoms with E-state index in [4.69, 9.17) is 0 Å². The minimum Gasteiger partial charge on any atom is -0.378 e. The van der Waals surface area contributed by atoms with Gasteiger partial charge in [0.1, 0.15) is 6.33 Å². The first-order valence-electron chi connectivity index (χ1n) is 9.67. The Balaban J connectivity index is 1.44. The molecule has 0 aliphatic rings. The molecule has 5 aromatic rings. The Bertz CT molecular complexity index is 1350. The third-order valence-electron chi connectivity index (χ3n) is 5.00. The maximum absolute atomic E-state index is 12.5. The Morgan fingerprint density at radius 2 is 1.81 bits per heavy atom. The van der Waals surface area contributed by atoms with E-state index in [0.717, 1.165) is 27.7 Å². The zero-order valence-electron chi connectivity index (χ0n) is 16.3. The summed E-state index contributed by atoms with van der Waals surface area (Å²) < 4.78 is 0. The van der Waals surface area contributed by atoms with E-state index >= 15 is 0 Å². The monoisotopic (exact) mass is 410 g/mol. The van der Waals surface area contributed by atoms with Crippen LogP contribution in [0.2, 0.25) is 0 Å². The van der Waals surface area contributed by atoms with Crippen LogP contribution in [0.5, 0.6) is 0 Å². The highest BCUT2D eigenvalue weighted by Crippen LogP contribution is 2.30. The van der Waals surface area contributed by atoms with E-state index in [9.17, 15) is 9.90 Å². The number of hydrogen-bond donors (Lipinski definition) is 4. The Labute approximate surface area is 177 Å². The minimum absolute atomic E-state index is 0.498. The molecule has 5 rings (SSSR count). The van der Waals surface area contributed by atoms with Crippen molar-refractivity contribution < 1.29 is 9.90 Å². The summed E-state index contributed by atoms with van der Waals surface area (Å²) in [6, 6.07) is 22.0. The second-order valence-corrected chi connectivity index (χ2v) is 7.04. The van der Waals surface area contributed by atoms with E-state index < -0.39 is 12.0 Å². The number of aliphatic hydroxyl groups excluding tert-OH is 1. The third kappa shape index (κ3) is 3.67. The van der Waals surface area contributed by atoms with E-state index in [2.05, 4.69) is 30.7 Å². The van der Waals surface area contributed by atoms with Crippen molar-refractivity contribution in [1.82, 2.24) is 25.4 Å². The van der Waals surface area contributed by atoms with Gasteiger partial charge in [-0.15, -0.1) is 0 Å². The molecular formula is C23H18N6O2. The topological polar surface area (TPSA) is 120 Å². The van der Waals surface area contributed by atoms with Crippen molar-refractivity contribution in [2.75, 3.05) is 5.32 Å². The van der Waals surface area contributed by atoms with Gasteiger partial charge >= 0.3 is 0 Å². The minimum atomic E-state index is -1.25. The van der Waals surface area contributed by atoms with E-state index in [1.54, 1.807) is 30.3 Å². The van der Waals surface area contributed by atoms with Crippen molar-refractivity contribution in [2.24, 2.45) is 0 Å². The molecule has 0 spiro atoms. The van der Waals surface area contributed by atoms with E-state index in [1.165, 1.54) is 6.33 Å². The largest absolute Gasteiger partial charge is 0.378 e. The van der Waals surface area contributed by atoms with Gasteiger partial charge in [0.25, 0.3) is 5.91 Å². The normalized spacial score (nSPS) is 12.0. The van der Waals surface area contributed by atoms with Gasteiger partial charge < -0.3 is 10.4 Å². The molecule has 0 saturated heterocycles. The van der Waals surface area contributed by atoms with Crippen molar-refractivity contribution in [2.45, 2.75) is 6.10 Å². The number of aliphatic hydroxyl groups is 1. The summed E-state index contributed by atoms with van der Waals surface area (Å²) in [4.78, 5) is 16.7. The number of hydrogen-bond acceptors (Lipinski definition) is 5. The molecule has 1 amide bonds. The van der Waals surface area contributed by atoms with Crippen molar-refractivity contribution in [3.05, 3.63) is 84.7 Å². The number of carbonyl (C=O) groups is 1. The number of fused-ring (bicyclic) bond motifs is 1. The fourth-order valence-corrected chi connectivity index (χ4v) is 3.46. The Morgan fingerprint density at radius 3 is 2.61 bits per heavy atom. The zero-order valence-corrected chi connectivity index (χ0v) is 16.3. The number of rotatable bonds is 5. The molecule has 2 heterocycles. The number of amides is 1. The average molecular weight is 410 g/mol. The lowest BCUT2D eigenvalue weighted by atomic mass is 10.0. The Kier molecular flexibility index (Phi) is 4.74. The summed E-state index contributed by atoms with van der Waals surface area (Å²) in [5.74, 6) is 0.104. The van der Waals surface area contributed by atoms with Gasteiger partial charge in [0.15, 0.2) is 11.9 Å². The van der Waals surface area contributed by atoms with Crippen LogP contribution in [0.3, 0.4) is 0 Å². The summed E-state index contributed by atoms with van der Waals surface area (Å²) in [7, 11) is 0. The molecule has 0 bridgehead atoms. The number of anilines is 1. The molecule has 0 aliphatic heterocycles. The number of carbonyl (C=O) groups excluding carboxylic acids is 1. The maximum atomic E-state index is 12.5. The first-order chi connectivity index (χ1) is 15.2. The van der Waals surface area contributed by atoms with Crippen LogP contribution in [-0.4, -0.2) is 36.4 Å². The molecule has 0 fully saturated rings. The van der Waals surface area contributed by atoms with Crippen LogP contribution in [0.15, 0.2) is 79.1 Å². The molecule has 8 heteroatoms. The van der Waals surface area contributed by atoms with Crippen molar-refractivity contribution in [3.63, 3.8) is 0 Å². The predicted octanol–water partition coefficient (Wildman–Crippen LogP) is 3.69. The first kappa shape index (κ1) is 18.7. The number of nitrogens with one attached hydrogen (secondary N) is 3. The average Bonchev–Trinajstić information content (AvgIpc) is 3.49. The van der Waals surface area contributed by atoms with Crippen molar-refractivity contribution in [3.8, 4) is 22.6 Å². The molecule has 1 atom stereocenters. The molecule has 4 N–H and O–H groups in total. The predicted molar refractivity (Wildman–Crippen MR) is 117 cm³/mol. The van der Waals surface area contributed by atoms with Crippen molar-refractivity contribution >= 4 is 22.5 Å². The molecule has 31 heavy (non-hydrogen) atoms. The maximum Gasteiger partial charge on any atom is 0.257 e. The van der Waals surface area contributed by atoms with Gasteiger partial charge in [-0.3, -0.25) is 15.0 Å². The summed E-state index contributed by atoms with van der Waals surface area (Å²) in [5, 5.41) is 28.3. The highest BCUT2D eigenvalue weighted by molar-refractivity contribution is 5.98. The smallest absolute Gasteiger partial charge is 0.257 e. The van der Waals surface area contributed by atoms with Crippen LogP contribution in [-0.2, 0) is 4.79 Å². The summed E-state index contributed by atoms with van der Waals surface area (Å²) in [6.07, 6.45) is 0.284. The SMILES string of the molecule is O=C(Nc1cccc(-c2n[nH]c3ccc(-c4nc[nH]n4)cc23)c1)C(O)c1ccccc1. The van der Waals surface area contributed by atoms with E-state index in [-0.39, 0.29) is 0 Å². The standard InChI is InChI=1S/C23H18N6O2/c30-21(14-5-2-1-3-6-14)23(31)26-17-8-4-7-15(11-17)20-18-12-16(22-24-13-25-29-22)9-10-19(18)27-28-20/h1-13,21,30H,(H,26,31)(H,27,28)(H,24,25,29). The molecule has 8 nitrogen and oxygen atoms in total. The second kappa shape index (κ2) is 7.85. The fourth-order valence-electron chi connectivity index (χ4n) is 3.46. The molecule has 0 saturated carbocycles. The van der Waals surface area contributed by atoms with Gasteiger partial charge in [0.05, 0.1) is 11.2 Å². The van der Waals surface area contributed by atoms with Gasteiger partial charge in [-0.1, -0.05) is 42.5 Å². The molecule has 2 aromatic heterocycles.